The van der Waals surface area contributed by atoms with Crippen LogP contribution in [0.25, 0.3) is 0 Å². The van der Waals surface area contributed by atoms with Gasteiger partial charge in [0.1, 0.15) is 0 Å². The maximum atomic E-state index is 11.1. The van der Waals surface area contributed by atoms with Crippen molar-refractivity contribution in [2.75, 3.05) is 6.61 Å². The van der Waals surface area contributed by atoms with E-state index >= 15 is 0 Å². The average molecular weight is 204 g/mol. The lowest BCUT2D eigenvalue weighted by Crippen LogP contribution is -2.53. The Kier molecular flexibility index (Phi) is 4.52. The number of hydrogen-bond donors (Lipinski definition) is 1. The van der Waals surface area contributed by atoms with Gasteiger partial charge in [-0.25, -0.2) is 4.79 Å². The molecule has 0 saturated carbocycles. The second-order valence-electron chi connectivity index (χ2n) is 3.61. The Hall–Kier alpha value is -1.14. The Balaban J connectivity index is 4.56. The summed E-state index contributed by atoms with van der Waals surface area (Å²) in [4.78, 5) is 21.7. The summed E-state index contributed by atoms with van der Waals surface area (Å²) < 4.78 is 4.57. The van der Waals surface area contributed by atoms with Crippen LogP contribution in [0.4, 0.5) is 4.79 Å². The van der Waals surface area contributed by atoms with Crippen molar-refractivity contribution in [3.8, 4) is 0 Å². The van der Waals surface area contributed by atoms with Crippen molar-refractivity contribution >= 4 is 12.5 Å². The van der Waals surface area contributed by atoms with Gasteiger partial charge in [-0.1, -0.05) is 5.17 Å². The lowest BCUT2D eigenvalue weighted by molar-refractivity contribution is -0.262. The van der Waals surface area contributed by atoms with Gasteiger partial charge in [0.25, 0.3) is 0 Å². The van der Waals surface area contributed by atoms with Gasteiger partial charge in [0.15, 0.2) is 0 Å². The van der Waals surface area contributed by atoms with Crippen LogP contribution in [0.5, 0.6) is 0 Å². The topological polar surface area (TPSA) is 70.1 Å². The summed E-state index contributed by atoms with van der Waals surface area (Å²) in [6.45, 7) is 6.68. The predicted octanol–water partition coefficient (Wildman–Crippen LogP) is 1.01. The van der Waals surface area contributed by atoms with Crippen LogP contribution in [-0.4, -0.2) is 40.0 Å². The standard InChI is InChI=1S/C8H16N2O4/c1-5-14-7(12)9(6-11)10(13)8(2,3)4/h6,13H,5H2,1-4H3. The quantitative estimate of drug-likeness (QED) is 0.548. The first-order valence-electron chi connectivity index (χ1n) is 4.25. The summed E-state index contributed by atoms with van der Waals surface area (Å²) in [6, 6.07) is 0. The van der Waals surface area contributed by atoms with Gasteiger partial charge >= 0.3 is 6.09 Å². The minimum Gasteiger partial charge on any atom is -0.448 e. The number of ether oxygens (including phenoxy) is 1. The highest BCUT2D eigenvalue weighted by Crippen LogP contribution is 2.12. The monoisotopic (exact) mass is 204 g/mol. The number of hydrazine groups is 1. The first kappa shape index (κ1) is 12.9. The summed E-state index contributed by atoms with van der Waals surface area (Å²) in [5.74, 6) is 0. The van der Waals surface area contributed by atoms with E-state index in [4.69, 9.17) is 0 Å². The smallest absolute Gasteiger partial charge is 0.433 e. The minimum absolute atomic E-state index is 0.140. The molecule has 6 nitrogen and oxygen atoms in total. The third kappa shape index (κ3) is 3.31. The van der Waals surface area contributed by atoms with Gasteiger partial charge in [0, 0.05) is 0 Å². The van der Waals surface area contributed by atoms with E-state index in [0.717, 1.165) is 0 Å². The van der Waals surface area contributed by atoms with E-state index in [2.05, 4.69) is 4.74 Å². The van der Waals surface area contributed by atoms with Crippen molar-refractivity contribution in [3.05, 3.63) is 0 Å². The number of hydrogen-bond acceptors (Lipinski definition) is 5. The predicted molar refractivity (Wildman–Crippen MR) is 48.3 cm³/mol. The molecule has 0 radical (unpaired) electrons. The van der Waals surface area contributed by atoms with Crippen LogP contribution in [0.15, 0.2) is 0 Å². The van der Waals surface area contributed by atoms with Gasteiger partial charge in [-0.15, -0.1) is 0 Å². The molecule has 0 rings (SSSR count). The van der Waals surface area contributed by atoms with Crippen LogP contribution in [0.2, 0.25) is 0 Å². The fourth-order valence-corrected chi connectivity index (χ4v) is 0.678. The summed E-state index contributed by atoms with van der Waals surface area (Å²) in [5.41, 5.74) is -0.756. The highest BCUT2D eigenvalue weighted by atomic mass is 16.6. The van der Waals surface area contributed by atoms with Crippen molar-refractivity contribution in [2.24, 2.45) is 0 Å². The first-order valence-corrected chi connectivity index (χ1v) is 4.25. The van der Waals surface area contributed by atoms with Gasteiger partial charge in [-0.3, -0.25) is 10.0 Å². The molecule has 82 valence electrons. The van der Waals surface area contributed by atoms with Crippen molar-refractivity contribution in [1.29, 1.82) is 0 Å². The Morgan fingerprint density at radius 1 is 1.50 bits per heavy atom. The highest BCUT2D eigenvalue weighted by molar-refractivity contribution is 5.79. The number of amides is 2. The summed E-state index contributed by atoms with van der Waals surface area (Å²) in [7, 11) is 0. The SMILES string of the molecule is CCOC(=O)N(C=O)N(O)C(C)(C)C. The van der Waals surface area contributed by atoms with Crippen LogP contribution >= 0.6 is 0 Å². The lowest BCUT2D eigenvalue weighted by Gasteiger charge is -2.33. The molecule has 0 aliphatic carbocycles. The molecule has 0 atom stereocenters. The van der Waals surface area contributed by atoms with E-state index in [-0.39, 0.29) is 13.0 Å². The number of carbonyl (C=O) groups is 2. The third-order valence-electron chi connectivity index (χ3n) is 1.36. The molecular formula is C8H16N2O4. The second kappa shape index (κ2) is 4.92. The number of imide groups is 1. The molecule has 0 aromatic heterocycles. The minimum atomic E-state index is -0.903. The van der Waals surface area contributed by atoms with Gasteiger partial charge in [-0.05, 0) is 27.7 Å². The fourth-order valence-electron chi connectivity index (χ4n) is 0.678. The van der Waals surface area contributed by atoms with E-state index < -0.39 is 11.6 Å². The molecule has 0 aliphatic rings. The Morgan fingerprint density at radius 2 is 2.00 bits per heavy atom. The third-order valence-corrected chi connectivity index (χ3v) is 1.36. The summed E-state index contributed by atoms with van der Waals surface area (Å²) >= 11 is 0. The number of carbonyl (C=O) groups excluding carboxylic acids is 2. The second-order valence-corrected chi connectivity index (χ2v) is 3.61. The average Bonchev–Trinajstić information content (AvgIpc) is 2.04. The van der Waals surface area contributed by atoms with E-state index in [1.54, 1.807) is 27.7 Å². The van der Waals surface area contributed by atoms with E-state index in [9.17, 15) is 14.8 Å². The van der Waals surface area contributed by atoms with Gasteiger partial charge < -0.3 is 4.74 Å². The molecule has 0 aromatic rings. The molecule has 0 saturated heterocycles. The van der Waals surface area contributed by atoms with Crippen LogP contribution in [0, 0.1) is 0 Å². The first-order chi connectivity index (χ1) is 6.34. The van der Waals surface area contributed by atoms with Gasteiger partial charge in [0.05, 0.1) is 12.1 Å². The van der Waals surface area contributed by atoms with Crippen molar-refractivity contribution in [3.63, 3.8) is 0 Å². The van der Waals surface area contributed by atoms with Crippen LogP contribution in [0.3, 0.4) is 0 Å². The van der Waals surface area contributed by atoms with Gasteiger partial charge in [-0.2, -0.15) is 5.01 Å². The zero-order valence-electron chi connectivity index (χ0n) is 8.85. The summed E-state index contributed by atoms with van der Waals surface area (Å²) in [5, 5.41) is 10.5. The molecule has 0 fully saturated rings. The number of hydroxylamine groups is 1. The van der Waals surface area contributed by atoms with E-state index in [0.29, 0.717) is 10.2 Å². The number of nitrogens with zero attached hydrogens (tertiary/aromatic N) is 2. The molecule has 0 aliphatic heterocycles. The molecule has 0 aromatic carbocycles. The molecule has 0 unspecified atom stereocenters. The Labute approximate surface area is 83.0 Å². The lowest BCUT2D eigenvalue weighted by atomic mass is 10.1. The Morgan fingerprint density at radius 3 is 2.29 bits per heavy atom. The van der Waals surface area contributed by atoms with Crippen molar-refractivity contribution in [1.82, 2.24) is 10.2 Å². The van der Waals surface area contributed by atoms with E-state index in [1.165, 1.54) is 0 Å². The highest BCUT2D eigenvalue weighted by Gasteiger charge is 2.30. The molecule has 14 heavy (non-hydrogen) atoms. The molecule has 0 spiro atoms. The zero-order valence-corrected chi connectivity index (χ0v) is 8.85. The normalized spacial score (nSPS) is 11.3. The maximum Gasteiger partial charge on any atom is 0.433 e. The van der Waals surface area contributed by atoms with Crippen LogP contribution in [-0.2, 0) is 9.53 Å². The fraction of sp³-hybridized carbons (Fsp3) is 0.750. The summed E-state index contributed by atoms with van der Waals surface area (Å²) in [6.07, 6.45) is -0.705. The molecule has 0 bridgehead atoms. The molecule has 1 N–H and O–H groups in total. The van der Waals surface area contributed by atoms with E-state index in [1.807, 2.05) is 0 Å². The maximum absolute atomic E-state index is 11.1. The van der Waals surface area contributed by atoms with Crippen molar-refractivity contribution in [2.45, 2.75) is 33.2 Å². The van der Waals surface area contributed by atoms with Crippen LogP contribution in [0.1, 0.15) is 27.7 Å². The molecular weight excluding hydrogens is 188 g/mol. The van der Waals surface area contributed by atoms with Crippen molar-refractivity contribution < 1.29 is 19.5 Å². The molecule has 0 heterocycles. The van der Waals surface area contributed by atoms with Crippen LogP contribution < -0.4 is 0 Å². The largest absolute Gasteiger partial charge is 0.448 e. The zero-order chi connectivity index (χ0) is 11.4. The molecule has 6 heteroatoms. The Bertz CT molecular complexity index is 212. The molecule has 2 amide bonds. The van der Waals surface area contributed by atoms with Gasteiger partial charge in [0.2, 0.25) is 6.41 Å². The number of rotatable bonds is 3.